The molecule has 0 fully saturated rings. The third-order valence-corrected chi connectivity index (χ3v) is 4.79. The van der Waals surface area contributed by atoms with E-state index in [4.69, 9.17) is 5.73 Å². The molecule has 0 amide bonds. The van der Waals surface area contributed by atoms with Gasteiger partial charge in [0.25, 0.3) is 0 Å². The number of halogens is 2. The Kier molecular flexibility index (Phi) is 5.64. The fourth-order valence-electron chi connectivity index (χ4n) is 1.88. The molecule has 0 heterocycles. The zero-order chi connectivity index (χ0) is 14.5. The van der Waals surface area contributed by atoms with Crippen molar-refractivity contribution in [3.05, 3.63) is 58.3 Å². The van der Waals surface area contributed by atoms with Gasteiger partial charge >= 0.3 is 0 Å². The average Bonchev–Trinajstić information content (AvgIpc) is 2.44. The Labute approximate surface area is 131 Å². The first-order valence-electron chi connectivity index (χ1n) is 6.56. The lowest BCUT2D eigenvalue weighted by molar-refractivity contribution is 0.585. The number of benzene rings is 2. The molecule has 0 aromatic heterocycles. The molecule has 0 saturated heterocycles. The van der Waals surface area contributed by atoms with Crippen LogP contribution in [-0.2, 0) is 6.42 Å². The highest BCUT2D eigenvalue weighted by atomic mass is 79.9. The fraction of sp³-hybridized carbons (Fsp3) is 0.250. The van der Waals surface area contributed by atoms with E-state index >= 15 is 0 Å². The van der Waals surface area contributed by atoms with Crippen LogP contribution >= 0.6 is 27.7 Å². The number of rotatable bonds is 5. The summed E-state index contributed by atoms with van der Waals surface area (Å²) in [6, 6.07) is 13.2. The van der Waals surface area contributed by atoms with E-state index < -0.39 is 0 Å². The first kappa shape index (κ1) is 15.5. The van der Waals surface area contributed by atoms with Gasteiger partial charge in [0, 0.05) is 15.4 Å². The largest absolute Gasteiger partial charge is 0.327 e. The molecule has 0 radical (unpaired) electrons. The van der Waals surface area contributed by atoms with Gasteiger partial charge in [0.15, 0.2) is 0 Å². The fourth-order valence-corrected chi connectivity index (χ4v) is 3.10. The number of hydrogen-bond donors (Lipinski definition) is 1. The van der Waals surface area contributed by atoms with Crippen LogP contribution < -0.4 is 5.73 Å². The molecule has 4 heteroatoms. The summed E-state index contributed by atoms with van der Waals surface area (Å²) in [5, 5.41) is 0. The van der Waals surface area contributed by atoms with Crippen molar-refractivity contribution >= 4 is 27.7 Å². The topological polar surface area (TPSA) is 26.0 Å². The molecule has 20 heavy (non-hydrogen) atoms. The van der Waals surface area contributed by atoms with E-state index in [1.165, 1.54) is 17.8 Å². The first-order chi connectivity index (χ1) is 9.60. The predicted molar refractivity (Wildman–Crippen MR) is 86.6 cm³/mol. The lowest BCUT2D eigenvalue weighted by atomic mass is 10.0. The monoisotopic (exact) mass is 353 g/mol. The molecule has 2 N–H and O–H groups in total. The van der Waals surface area contributed by atoms with E-state index in [1.54, 1.807) is 6.07 Å². The van der Waals surface area contributed by atoms with Crippen LogP contribution in [0.3, 0.4) is 0 Å². The van der Waals surface area contributed by atoms with Crippen molar-refractivity contribution in [1.29, 1.82) is 0 Å². The summed E-state index contributed by atoms with van der Waals surface area (Å²) >= 11 is 4.85. The van der Waals surface area contributed by atoms with E-state index in [2.05, 4.69) is 15.9 Å². The standard InChI is InChI=1S/C16H17BrFNS/c1-2-13(19)10-11-4-3-5-15(18)16(11)20-14-8-6-12(17)7-9-14/h3-9,13H,2,10,19H2,1H3. The zero-order valence-electron chi connectivity index (χ0n) is 11.3. The highest BCUT2D eigenvalue weighted by molar-refractivity contribution is 9.10. The second-order valence-electron chi connectivity index (χ2n) is 4.66. The summed E-state index contributed by atoms with van der Waals surface area (Å²) in [7, 11) is 0. The second kappa shape index (κ2) is 7.25. The predicted octanol–water partition coefficient (Wildman–Crippen LogP) is 5.02. The summed E-state index contributed by atoms with van der Waals surface area (Å²) in [5.74, 6) is -0.182. The van der Waals surface area contributed by atoms with Gasteiger partial charge in [-0.3, -0.25) is 0 Å². The van der Waals surface area contributed by atoms with Gasteiger partial charge in [-0.2, -0.15) is 0 Å². The quantitative estimate of drug-likeness (QED) is 0.816. The van der Waals surface area contributed by atoms with Crippen molar-refractivity contribution in [2.75, 3.05) is 0 Å². The molecular formula is C16H17BrFNS. The van der Waals surface area contributed by atoms with Crippen LogP contribution in [0.2, 0.25) is 0 Å². The van der Waals surface area contributed by atoms with E-state index in [1.807, 2.05) is 37.3 Å². The molecule has 0 bridgehead atoms. The Bertz CT molecular complexity index is 571. The highest BCUT2D eigenvalue weighted by Crippen LogP contribution is 2.33. The molecule has 1 unspecified atom stereocenters. The van der Waals surface area contributed by atoms with Crippen molar-refractivity contribution in [1.82, 2.24) is 0 Å². The van der Waals surface area contributed by atoms with Crippen LogP contribution in [-0.4, -0.2) is 6.04 Å². The minimum atomic E-state index is -0.182. The van der Waals surface area contributed by atoms with Gasteiger partial charge in [0.05, 0.1) is 4.90 Å². The van der Waals surface area contributed by atoms with Gasteiger partial charge in [0.1, 0.15) is 5.82 Å². The summed E-state index contributed by atoms with van der Waals surface area (Å²) in [6.07, 6.45) is 1.59. The van der Waals surface area contributed by atoms with Gasteiger partial charge in [-0.15, -0.1) is 0 Å². The molecule has 1 nitrogen and oxygen atoms in total. The van der Waals surface area contributed by atoms with Gasteiger partial charge in [-0.1, -0.05) is 46.7 Å². The van der Waals surface area contributed by atoms with Crippen LogP contribution in [0.5, 0.6) is 0 Å². The second-order valence-corrected chi connectivity index (χ2v) is 6.66. The molecule has 1 atom stereocenters. The van der Waals surface area contributed by atoms with E-state index in [9.17, 15) is 4.39 Å². The maximum Gasteiger partial charge on any atom is 0.137 e. The third-order valence-electron chi connectivity index (χ3n) is 3.09. The summed E-state index contributed by atoms with van der Waals surface area (Å²) < 4.78 is 15.1. The van der Waals surface area contributed by atoms with Crippen molar-refractivity contribution in [2.24, 2.45) is 5.73 Å². The molecule has 2 aromatic rings. The third kappa shape index (κ3) is 4.08. The molecule has 106 valence electrons. The summed E-state index contributed by atoms with van der Waals surface area (Å²) in [4.78, 5) is 1.70. The van der Waals surface area contributed by atoms with Crippen molar-refractivity contribution in [2.45, 2.75) is 35.6 Å². The molecule has 0 spiro atoms. The maximum absolute atomic E-state index is 14.1. The van der Waals surface area contributed by atoms with E-state index in [0.717, 1.165) is 21.4 Å². The van der Waals surface area contributed by atoms with Crippen LogP contribution in [0.1, 0.15) is 18.9 Å². The Balaban J connectivity index is 2.27. The Hall–Kier alpha value is -0.840. The molecule has 0 aliphatic heterocycles. The van der Waals surface area contributed by atoms with Gasteiger partial charge in [-0.25, -0.2) is 4.39 Å². The van der Waals surface area contributed by atoms with Crippen molar-refractivity contribution < 1.29 is 4.39 Å². The Morgan fingerprint density at radius 3 is 2.55 bits per heavy atom. The van der Waals surface area contributed by atoms with Crippen LogP contribution in [0, 0.1) is 5.82 Å². The summed E-state index contributed by atoms with van der Waals surface area (Å²) in [5.41, 5.74) is 6.98. The number of hydrogen-bond acceptors (Lipinski definition) is 2. The van der Waals surface area contributed by atoms with E-state index in [0.29, 0.717) is 11.3 Å². The van der Waals surface area contributed by atoms with Crippen molar-refractivity contribution in [3.8, 4) is 0 Å². The normalized spacial score (nSPS) is 12.4. The van der Waals surface area contributed by atoms with Gasteiger partial charge < -0.3 is 5.73 Å². The molecule has 0 aliphatic rings. The average molecular weight is 354 g/mol. The minimum absolute atomic E-state index is 0.0704. The zero-order valence-corrected chi connectivity index (χ0v) is 13.7. The highest BCUT2D eigenvalue weighted by Gasteiger charge is 2.12. The van der Waals surface area contributed by atoms with Gasteiger partial charge in [-0.05, 0) is 48.7 Å². The summed E-state index contributed by atoms with van der Waals surface area (Å²) in [6.45, 7) is 2.05. The maximum atomic E-state index is 14.1. The SMILES string of the molecule is CCC(N)Cc1cccc(F)c1Sc1ccc(Br)cc1. The van der Waals surface area contributed by atoms with Gasteiger partial charge in [0.2, 0.25) is 0 Å². The minimum Gasteiger partial charge on any atom is -0.327 e. The Morgan fingerprint density at radius 2 is 1.90 bits per heavy atom. The lowest BCUT2D eigenvalue weighted by Crippen LogP contribution is -2.21. The molecular weight excluding hydrogens is 337 g/mol. The molecule has 2 rings (SSSR count). The smallest absolute Gasteiger partial charge is 0.137 e. The van der Waals surface area contributed by atoms with Crippen molar-refractivity contribution in [3.63, 3.8) is 0 Å². The number of nitrogens with two attached hydrogens (primary N) is 1. The Morgan fingerprint density at radius 1 is 1.20 bits per heavy atom. The first-order valence-corrected chi connectivity index (χ1v) is 8.17. The molecule has 0 saturated carbocycles. The van der Waals surface area contributed by atoms with Crippen LogP contribution in [0.15, 0.2) is 56.7 Å². The molecule has 0 aliphatic carbocycles. The lowest BCUT2D eigenvalue weighted by Gasteiger charge is -2.14. The van der Waals surface area contributed by atoms with E-state index in [-0.39, 0.29) is 11.9 Å². The van der Waals surface area contributed by atoms with Crippen LogP contribution in [0.4, 0.5) is 4.39 Å². The van der Waals surface area contributed by atoms with Crippen LogP contribution in [0.25, 0.3) is 0 Å². The molecule has 2 aromatic carbocycles.